The van der Waals surface area contributed by atoms with Crippen molar-refractivity contribution < 1.29 is 38.2 Å². The fourth-order valence-corrected chi connectivity index (χ4v) is 8.49. The van der Waals surface area contributed by atoms with Crippen molar-refractivity contribution >= 4 is 40.9 Å². The molecule has 59 heavy (non-hydrogen) atoms. The molecule has 1 aliphatic heterocycles. The summed E-state index contributed by atoms with van der Waals surface area (Å²) in [5.74, 6) is -1.69. The number of hydrogen-bond acceptors (Lipinski definition) is 11. The SMILES string of the molecule is CC[C@H](C)[C@@H]([C@@H](CC(=O)N1CCC[C@H]1[C@H](OC)[C@@H](C)C(=O)C[C@@H](Cc1ccccc1)c1nccs1)OC)N(C)C(=O)[C@H](CNC(=O)OC(C)(C)C)NC(=O)C(C)(C)NC. The van der Waals surface area contributed by atoms with Gasteiger partial charge in [-0.05, 0) is 72.4 Å². The summed E-state index contributed by atoms with van der Waals surface area (Å²) < 4.78 is 17.5. The number of hydrogen-bond donors (Lipinski definition) is 3. The zero-order valence-corrected chi connectivity index (χ0v) is 38.1. The molecule has 1 aliphatic rings. The minimum absolute atomic E-state index is 0.0262. The normalized spacial score (nSPS) is 18.2. The summed E-state index contributed by atoms with van der Waals surface area (Å²) in [6.07, 6.45) is 2.87. The Morgan fingerprint density at radius 2 is 1.69 bits per heavy atom. The van der Waals surface area contributed by atoms with E-state index in [1.807, 2.05) is 49.3 Å². The number of methoxy groups -OCH3 is 2. The Hall–Kier alpha value is -3.92. The van der Waals surface area contributed by atoms with Crippen molar-refractivity contribution in [3.63, 3.8) is 0 Å². The maximum atomic E-state index is 14.4. The Labute approximate surface area is 355 Å². The highest BCUT2D eigenvalue weighted by Crippen LogP contribution is 2.33. The number of carbonyl (C=O) groups is 5. The molecule has 1 saturated heterocycles. The molecule has 0 spiro atoms. The smallest absolute Gasteiger partial charge is 0.407 e. The fraction of sp³-hybridized carbons (Fsp3) is 0.682. The second kappa shape index (κ2) is 22.6. The van der Waals surface area contributed by atoms with Crippen molar-refractivity contribution in [2.75, 3.05) is 41.4 Å². The second-order valence-electron chi connectivity index (χ2n) is 17.3. The third kappa shape index (κ3) is 14.1. The van der Waals surface area contributed by atoms with Crippen LogP contribution >= 0.6 is 11.3 Å². The first-order valence-electron chi connectivity index (χ1n) is 20.8. The van der Waals surface area contributed by atoms with Gasteiger partial charge in [0.2, 0.25) is 17.7 Å². The van der Waals surface area contributed by atoms with Crippen LogP contribution in [0, 0.1) is 11.8 Å². The van der Waals surface area contributed by atoms with Crippen LogP contribution in [-0.2, 0) is 39.8 Å². The van der Waals surface area contributed by atoms with E-state index in [4.69, 9.17) is 14.2 Å². The van der Waals surface area contributed by atoms with Crippen LogP contribution in [0.15, 0.2) is 41.9 Å². The predicted octanol–water partition coefficient (Wildman–Crippen LogP) is 5.36. The number of ketones is 1. The summed E-state index contributed by atoms with van der Waals surface area (Å²) in [4.78, 5) is 76.7. The lowest BCUT2D eigenvalue weighted by molar-refractivity contribution is -0.147. The number of likely N-dealkylation sites (N-methyl/N-ethyl adjacent to an activating group) is 2. The van der Waals surface area contributed by atoms with Gasteiger partial charge in [-0.15, -0.1) is 11.3 Å². The third-order valence-corrected chi connectivity index (χ3v) is 12.5. The maximum absolute atomic E-state index is 14.4. The number of benzene rings is 1. The van der Waals surface area contributed by atoms with Crippen LogP contribution in [0.5, 0.6) is 0 Å². The summed E-state index contributed by atoms with van der Waals surface area (Å²) in [5.41, 5.74) is -0.647. The molecule has 2 heterocycles. The zero-order chi connectivity index (χ0) is 44.1. The number of alkyl carbamates (subject to hydrolysis) is 1. The van der Waals surface area contributed by atoms with Gasteiger partial charge in [0.15, 0.2) is 0 Å². The van der Waals surface area contributed by atoms with Crippen LogP contribution in [0.4, 0.5) is 4.79 Å². The quantitative estimate of drug-likeness (QED) is 0.141. The Morgan fingerprint density at radius 1 is 1.02 bits per heavy atom. The van der Waals surface area contributed by atoms with E-state index in [2.05, 4.69) is 33.1 Å². The number of thiazole rings is 1. The van der Waals surface area contributed by atoms with Gasteiger partial charge >= 0.3 is 6.09 Å². The van der Waals surface area contributed by atoms with Crippen LogP contribution in [-0.4, -0.2) is 127 Å². The largest absolute Gasteiger partial charge is 0.444 e. The molecule has 8 atom stereocenters. The minimum atomic E-state index is -1.15. The molecule has 0 unspecified atom stereocenters. The summed E-state index contributed by atoms with van der Waals surface area (Å²) >= 11 is 1.55. The van der Waals surface area contributed by atoms with E-state index >= 15 is 0 Å². The predicted molar refractivity (Wildman–Crippen MR) is 230 cm³/mol. The van der Waals surface area contributed by atoms with Crippen molar-refractivity contribution in [3.05, 3.63) is 52.5 Å². The van der Waals surface area contributed by atoms with E-state index in [9.17, 15) is 24.0 Å². The van der Waals surface area contributed by atoms with Gasteiger partial charge in [-0.25, -0.2) is 9.78 Å². The number of aromatic nitrogens is 1. The van der Waals surface area contributed by atoms with Crippen molar-refractivity contribution in [2.45, 2.75) is 141 Å². The van der Waals surface area contributed by atoms with Crippen LogP contribution < -0.4 is 16.0 Å². The molecule has 0 bridgehead atoms. The van der Waals surface area contributed by atoms with Gasteiger partial charge in [0.05, 0.1) is 47.8 Å². The number of Topliss-reactive ketones (excluding diaryl/α,β-unsaturated/α-hetero) is 1. The molecule has 0 radical (unpaired) electrons. The Kier molecular flexibility index (Phi) is 19.0. The lowest BCUT2D eigenvalue weighted by Gasteiger charge is -2.40. The van der Waals surface area contributed by atoms with E-state index < -0.39 is 59.3 Å². The number of likely N-dealkylation sites (tertiary alicyclic amines) is 1. The highest BCUT2D eigenvalue weighted by Gasteiger charge is 2.43. The van der Waals surface area contributed by atoms with Crippen LogP contribution in [0.3, 0.4) is 0 Å². The molecule has 1 fully saturated rings. The number of carbonyl (C=O) groups excluding carboxylic acids is 5. The average molecular weight is 843 g/mol. The van der Waals surface area contributed by atoms with Gasteiger partial charge in [0.25, 0.3) is 0 Å². The number of amides is 4. The first-order valence-corrected chi connectivity index (χ1v) is 21.7. The summed E-state index contributed by atoms with van der Waals surface area (Å²) in [7, 11) is 6.40. The van der Waals surface area contributed by atoms with E-state index in [1.54, 1.807) is 73.4 Å². The highest BCUT2D eigenvalue weighted by molar-refractivity contribution is 7.09. The van der Waals surface area contributed by atoms with Crippen molar-refractivity contribution in [1.29, 1.82) is 0 Å². The number of nitrogens with one attached hydrogen (secondary N) is 3. The number of rotatable bonds is 22. The summed E-state index contributed by atoms with van der Waals surface area (Å²) in [6.45, 7) is 14.7. The Balaban J connectivity index is 1.82. The molecule has 14 nitrogen and oxygen atoms in total. The van der Waals surface area contributed by atoms with E-state index in [0.717, 1.165) is 17.0 Å². The fourth-order valence-electron chi connectivity index (χ4n) is 7.75. The Bertz CT molecular complexity index is 1650. The maximum Gasteiger partial charge on any atom is 0.407 e. The van der Waals surface area contributed by atoms with Crippen molar-refractivity contribution in [2.24, 2.45) is 11.8 Å². The van der Waals surface area contributed by atoms with Crippen molar-refractivity contribution in [3.8, 4) is 0 Å². The molecule has 0 aliphatic carbocycles. The van der Waals surface area contributed by atoms with Gasteiger partial charge in [0, 0.05) is 57.6 Å². The molecule has 1 aromatic carbocycles. The number of ether oxygens (including phenoxy) is 3. The third-order valence-electron chi connectivity index (χ3n) is 11.6. The second-order valence-corrected chi connectivity index (χ2v) is 18.2. The topological polar surface area (TPSA) is 168 Å². The highest BCUT2D eigenvalue weighted by atomic mass is 32.1. The van der Waals surface area contributed by atoms with Crippen LogP contribution in [0.2, 0.25) is 0 Å². The standard InChI is InChI=1S/C44H70N6O8S/c1-13-28(2)37(49(10)40(53)32(48-41(54)44(7,8)45-9)27-47-42(55)58-43(4,5)6)35(56-11)26-36(52)50-22-17-20-33(50)38(57-12)29(3)34(51)25-31(39-46-21-23-59-39)24-30-18-15-14-16-19-30/h14-16,18-19,21,23,28-29,31-33,35,37-38,45H,13,17,20,22,24-27H2,1-12H3,(H,47,55)(H,48,54)/t28-,29-,31+,32-,33-,35+,37-,38+/m0/s1. The van der Waals surface area contributed by atoms with Crippen LogP contribution in [0.1, 0.15) is 104 Å². The Morgan fingerprint density at radius 3 is 2.25 bits per heavy atom. The molecule has 2 aromatic rings. The molecule has 3 N–H and O–H groups in total. The summed E-state index contributed by atoms with van der Waals surface area (Å²) in [6, 6.07) is 8.04. The van der Waals surface area contributed by atoms with Gasteiger partial charge in [0.1, 0.15) is 17.4 Å². The lowest BCUT2D eigenvalue weighted by atomic mass is 9.85. The van der Waals surface area contributed by atoms with E-state index in [1.165, 1.54) is 12.0 Å². The van der Waals surface area contributed by atoms with Crippen molar-refractivity contribution in [1.82, 2.24) is 30.7 Å². The molecule has 15 heteroatoms. The first kappa shape index (κ1) is 49.4. The average Bonchev–Trinajstić information content (AvgIpc) is 3.92. The molecular weight excluding hydrogens is 773 g/mol. The summed E-state index contributed by atoms with van der Waals surface area (Å²) in [5, 5.41) is 11.2. The van der Waals surface area contributed by atoms with Gasteiger partial charge in [-0.3, -0.25) is 19.2 Å². The molecular formula is C44H70N6O8S. The first-order chi connectivity index (χ1) is 27.8. The molecule has 0 saturated carbocycles. The van der Waals surface area contributed by atoms with Gasteiger partial charge in [-0.2, -0.15) is 0 Å². The lowest BCUT2D eigenvalue weighted by Crippen LogP contribution is -2.62. The monoisotopic (exact) mass is 842 g/mol. The molecule has 1 aromatic heterocycles. The van der Waals surface area contributed by atoms with Gasteiger partial charge < -0.3 is 40.0 Å². The molecule has 4 amide bonds. The molecule has 3 rings (SSSR count). The van der Waals surface area contributed by atoms with E-state index in [0.29, 0.717) is 32.2 Å². The minimum Gasteiger partial charge on any atom is -0.444 e. The molecule has 330 valence electrons. The number of nitrogens with zero attached hydrogens (tertiary/aromatic N) is 3. The van der Waals surface area contributed by atoms with Gasteiger partial charge in [-0.1, -0.05) is 57.5 Å². The van der Waals surface area contributed by atoms with E-state index in [-0.39, 0.29) is 42.5 Å². The van der Waals surface area contributed by atoms with Crippen LogP contribution in [0.25, 0.3) is 0 Å². The zero-order valence-electron chi connectivity index (χ0n) is 37.3.